The monoisotopic (exact) mass is 516 g/mol. The van der Waals surface area contributed by atoms with E-state index >= 15 is 0 Å². The topological polar surface area (TPSA) is 131 Å². The van der Waals surface area contributed by atoms with Crippen LogP contribution in [0.25, 0.3) is 0 Å². The highest BCUT2D eigenvalue weighted by atomic mass is 16.6. The fraction of sp³-hybridized carbons (Fsp3) is 0.643. The summed E-state index contributed by atoms with van der Waals surface area (Å²) in [5.74, 6) is -1.65. The van der Waals surface area contributed by atoms with E-state index in [1.54, 1.807) is 20.8 Å². The fourth-order valence-corrected chi connectivity index (χ4v) is 4.65. The summed E-state index contributed by atoms with van der Waals surface area (Å²) < 4.78 is 5.32. The van der Waals surface area contributed by atoms with Crippen molar-refractivity contribution >= 4 is 23.8 Å². The van der Waals surface area contributed by atoms with E-state index in [0.29, 0.717) is 5.56 Å². The van der Waals surface area contributed by atoms with E-state index in [2.05, 4.69) is 10.6 Å². The Morgan fingerprint density at radius 3 is 2.19 bits per heavy atom. The first-order chi connectivity index (χ1) is 17.1. The van der Waals surface area contributed by atoms with Gasteiger partial charge in [-0.25, -0.2) is 4.79 Å². The van der Waals surface area contributed by atoms with E-state index in [-0.39, 0.29) is 11.9 Å². The lowest BCUT2D eigenvalue weighted by Gasteiger charge is -2.43. The van der Waals surface area contributed by atoms with Crippen molar-refractivity contribution in [2.75, 3.05) is 0 Å². The highest BCUT2D eigenvalue weighted by Crippen LogP contribution is 2.31. The standard InChI is InChI=1S/C28H44N4O5/c1-18-12-11-13-19(16-18)23(24(34)30-20-14-9-8-10-15-20)32(27(2,3)4)25(35)21(17-22(29)33)31-26(36)37-28(5,6)7/h11-13,16,20-21,23H,8-10,14-15,17H2,1-7H3,(H2,29,33)(H,30,34)(H,31,36). The number of nitrogens with one attached hydrogen (secondary N) is 2. The van der Waals surface area contributed by atoms with Crippen molar-refractivity contribution in [3.63, 3.8) is 0 Å². The number of amides is 4. The number of nitrogens with zero attached hydrogens (tertiary/aromatic N) is 1. The van der Waals surface area contributed by atoms with Gasteiger partial charge in [0.2, 0.25) is 17.7 Å². The molecule has 206 valence electrons. The van der Waals surface area contributed by atoms with Gasteiger partial charge >= 0.3 is 6.09 Å². The summed E-state index contributed by atoms with van der Waals surface area (Å²) in [6.45, 7) is 12.5. The van der Waals surface area contributed by atoms with Gasteiger partial charge in [0.1, 0.15) is 17.7 Å². The van der Waals surface area contributed by atoms with Crippen LogP contribution >= 0.6 is 0 Å². The quantitative estimate of drug-likeness (QED) is 0.483. The third-order valence-electron chi connectivity index (χ3n) is 6.17. The van der Waals surface area contributed by atoms with Gasteiger partial charge in [0.25, 0.3) is 0 Å². The SMILES string of the molecule is Cc1cccc(C(C(=O)NC2CCCCC2)N(C(=O)C(CC(N)=O)NC(=O)OC(C)(C)C)C(C)(C)C)c1. The average Bonchev–Trinajstić information content (AvgIpc) is 2.74. The van der Waals surface area contributed by atoms with E-state index in [9.17, 15) is 19.2 Å². The van der Waals surface area contributed by atoms with Gasteiger partial charge in [-0.15, -0.1) is 0 Å². The summed E-state index contributed by atoms with van der Waals surface area (Å²) in [4.78, 5) is 53.9. The summed E-state index contributed by atoms with van der Waals surface area (Å²) >= 11 is 0. The summed E-state index contributed by atoms with van der Waals surface area (Å²) in [6, 6.07) is 5.20. The molecule has 1 aromatic carbocycles. The van der Waals surface area contributed by atoms with Gasteiger partial charge in [0.05, 0.1) is 6.42 Å². The second-order valence-electron chi connectivity index (χ2n) is 11.9. The molecule has 0 saturated heterocycles. The number of carbonyl (C=O) groups excluding carboxylic acids is 4. The van der Waals surface area contributed by atoms with Gasteiger partial charge in [-0.2, -0.15) is 0 Å². The molecule has 2 unspecified atom stereocenters. The number of aryl methyl sites for hydroxylation is 1. The number of rotatable bonds is 8. The Hall–Kier alpha value is -3.10. The number of hydrogen-bond donors (Lipinski definition) is 3. The van der Waals surface area contributed by atoms with Gasteiger partial charge in [0.15, 0.2) is 0 Å². The Bertz CT molecular complexity index is 974. The lowest BCUT2D eigenvalue weighted by atomic mass is 9.92. The highest BCUT2D eigenvalue weighted by Gasteiger charge is 2.42. The third-order valence-corrected chi connectivity index (χ3v) is 6.17. The normalized spacial score (nSPS) is 16.3. The van der Waals surface area contributed by atoms with Crippen molar-refractivity contribution in [3.8, 4) is 0 Å². The molecule has 37 heavy (non-hydrogen) atoms. The minimum Gasteiger partial charge on any atom is -0.444 e. The van der Waals surface area contributed by atoms with Gasteiger partial charge in [-0.3, -0.25) is 14.4 Å². The minimum atomic E-state index is -1.30. The van der Waals surface area contributed by atoms with E-state index < -0.39 is 47.6 Å². The maximum atomic E-state index is 14.1. The number of nitrogens with two attached hydrogens (primary N) is 1. The van der Waals surface area contributed by atoms with Crippen LogP contribution in [-0.2, 0) is 19.1 Å². The molecule has 0 spiro atoms. The maximum Gasteiger partial charge on any atom is 0.408 e. The molecule has 1 aromatic rings. The van der Waals surface area contributed by atoms with Crippen LogP contribution in [0.4, 0.5) is 4.79 Å². The average molecular weight is 517 g/mol. The zero-order valence-electron chi connectivity index (χ0n) is 23.3. The Kier molecular flexibility index (Phi) is 10.1. The van der Waals surface area contributed by atoms with Crippen molar-refractivity contribution in [2.45, 2.75) is 116 Å². The summed E-state index contributed by atoms with van der Waals surface area (Å²) in [5, 5.41) is 5.67. The van der Waals surface area contributed by atoms with Gasteiger partial charge in [-0.05, 0) is 66.9 Å². The molecule has 2 atom stereocenters. The Labute approximate surface area is 220 Å². The highest BCUT2D eigenvalue weighted by molar-refractivity contribution is 5.95. The van der Waals surface area contributed by atoms with Crippen LogP contribution in [0.15, 0.2) is 24.3 Å². The predicted molar refractivity (Wildman–Crippen MR) is 143 cm³/mol. The summed E-state index contributed by atoms with van der Waals surface area (Å²) in [7, 11) is 0. The molecule has 1 saturated carbocycles. The molecule has 0 aromatic heterocycles. The van der Waals surface area contributed by atoms with Crippen LogP contribution in [0.3, 0.4) is 0 Å². The molecular formula is C28H44N4O5. The van der Waals surface area contributed by atoms with Crippen LogP contribution in [0, 0.1) is 6.92 Å². The number of alkyl carbamates (subject to hydrolysis) is 1. The molecule has 0 bridgehead atoms. The molecule has 9 heteroatoms. The van der Waals surface area contributed by atoms with Crippen LogP contribution in [0.5, 0.6) is 0 Å². The zero-order valence-corrected chi connectivity index (χ0v) is 23.3. The first-order valence-corrected chi connectivity index (χ1v) is 13.1. The van der Waals surface area contributed by atoms with Gasteiger partial charge in [0, 0.05) is 11.6 Å². The van der Waals surface area contributed by atoms with Crippen molar-refractivity contribution in [3.05, 3.63) is 35.4 Å². The number of carbonyl (C=O) groups is 4. The molecule has 0 aliphatic heterocycles. The molecule has 4 N–H and O–H groups in total. The molecule has 0 heterocycles. The number of ether oxygens (including phenoxy) is 1. The molecule has 0 radical (unpaired) electrons. The van der Waals surface area contributed by atoms with Crippen LogP contribution in [0.2, 0.25) is 0 Å². The van der Waals surface area contributed by atoms with Gasteiger partial charge in [-0.1, -0.05) is 49.1 Å². The van der Waals surface area contributed by atoms with E-state index in [1.807, 2.05) is 52.0 Å². The van der Waals surface area contributed by atoms with E-state index in [0.717, 1.165) is 37.7 Å². The zero-order chi connectivity index (χ0) is 28.0. The lowest BCUT2D eigenvalue weighted by molar-refractivity contribution is -0.149. The number of primary amides is 1. The minimum absolute atomic E-state index is 0.0341. The molecule has 1 aliphatic carbocycles. The summed E-state index contributed by atoms with van der Waals surface area (Å²) in [6.07, 6.45) is 3.73. The van der Waals surface area contributed by atoms with E-state index in [1.165, 1.54) is 4.90 Å². The number of benzene rings is 1. The lowest BCUT2D eigenvalue weighted by Crippen LogP contribution is -2.59. The van der Waals surface area contributed by atoms with Crippen molar-refractivity contribution in [1.82, 2.24) is 15.5 Å². The van der Waals surface area contributed by atoms with Gasteiger partial charge < -0.3 is 26.0 Å². The summed E-state index contributed by atoms with van der Waals surface area (Å²) in [5.41, 5.74) is 5.38. The Balaban J connectivity index is 2.52. The molecule has 1 aliphatic rings. The van der Waals surface area contributed by atoms with Crippen LogP contribution < -0.4 is 16.4 Å². The van der Waals surface area contributed by atoms with Crippen LogP contribution in [0.1, 0.15) is 97.2 Å². The third kappa shape index (κ3) is 9.37. The molecular weight excluding hydrogens is 472 g/mol. The first kappa shape index (κ1) is 30.1. The van der Waals surface area contributed by atoms with Crippen molar-refractivity contribution in [1.29, 1.82) is 0 Å². The van der Waals surface area contributed by atoms with Crippen LogP contribution in [-0.4, -0.2) is 51.9 Å². The molecule has 1 fully saturated rings. The predicted octanol–water partition coefficient (Wildman–Crippen LogP) is 3.88. The first-order valence-electron chi connectivity index (χ1n) is 13.1. The maximum absolute atomic E-state index is 14.1. The number of hydrogen-bond acceptors (Lipinski definition) is 5. The Morgan fingerprint density at radius 2 is 1.68 bits per heavy atom. The van der Waals surface area contributed by atoms with E-state index in [4.69, 9.17) is 10.5 Å². The second-order valence-corrected chi connectivity index (χ2v) is 11.9. The second kappa shape index (κ2) is 12.4. The Morgan fingerprint density at radius 1 is 1.05 bits per heavy atom. The largest absolute Gasteiger partial charge is 0.444 e. The molecule has 2 rings (SSSR count). The fourth-order valence-electron chi connectivity index (χ4n) is 4.65. The molecule has 4 amide bonds. The van der Waals surface area contributed by atoms with Crippen molar-refractivity contribution < 1.29 is 23.9 Å². The smallest absolute Gasteiger partial charge is 0.408 e. The molecule has 9 nitrogen and oxygen atoms in total. The van der Waals surface area contributed by atoms with Crippen molar-refractivity contribution in [2.24, 2.45) is 5.73 Å².